The summed E-state index contributed by atoms with van der Waals surface area (Å²) < 4.78 is 33.8. The zero-order valence-corrected chi connectivity index (χ0v) is 18.6. The number of fused-ring (bicyclic) bond motifs is 1. The third-order valence-electron chi connectivity index (χ3n) is 5.18. The normalized spacial score (nSPS) is 25.4. The molecular weight excluding hydrogens is 423 g/mol. The van der Waals surface area contributed by atoms with Gasteiger partial charge in [0, 0.05) is 0 Å². The molecule has 3 rings (SSSR count). The highest BCUT2D eigenvalue weighted by molar-refractivity contribution is 5.73. The molecule has 3 heterocycles. The highest BCUT2D eigenvalue weighted by atomic mass is 19.1. The number of halogens is 1. The fourth-order valence-corrected chi connectivity index (χ4v) is 3.32. The molecule has 10 nitrogen and oxygen atoms in total. The highest BCUT2D eigenvalue weighted by Gasteiger charge is 2.58. The van der Waals surface area contributed by atoms with Gasteiger partial charge in [0.05, 0.1) is 18.2 Å². The summed E-state index contributed by atoms with van der Waals surface area (Å²) in [7, 11) is 0. The Morgan fingerprint density at radius 2 is 2.00 bits per heavy atom. The van der Waals surface area contributed by atoms with E-state index in [4.69, 9.17) is 14.2 Å². The zero-order chi connectivity index (χ0) is 23.8. The molecule has 0 aliphatic carbocycles. The SMILES string of the molecule is C=C[C@]1(COC(=O)C(C)C)O[C@@H](n2cnc3c(=O)[nH]c(C)nc32)[C@H](F)[C@@H]1OC(=O)C(C)C. The zero-order valence-electron chi connectivity index (χ0n) is 18.6. The van der Waals surface area contributed by atoms with Crippen molar-refractivity contribution >= 4 is 23.1 Å². The molecule has 1 aliphatic rings. The molecule has 4 atom stereocenters. The van der Waals surface area contributed by atoms with Gasteiger partial charge in [-0.3, -0.25) is 19.0 Å². The molecule has 2 aromatic heterocycles. The number of carbonyl (C=O) groups excluding carboxylic acids is 2. The minimum Gasteiger partial charge on any atom is -0.462 e. The number of hydrogen-bond acceptors (Lipinski definition) is 8. The summed E-state index contributed by atoms with van der Waals surface area (Å²) in [4.78, 5) is 47.3. The number of H-pyrrole nitrogens is 1. The first-order valence-electron chi connectivity index (χ1n) is 10.3. The summed E-state index contributed by atoms with van der Waals surface area (Å²) in [6.07, 6.45) is -2.23. The van der Waals surface area contributed by atoms with Gasteiger partial charge in [-0.25, -0.2) is 14.4 Å². The second-order valence-electron chi connectivity index (χ2n) is 8.36. The second-order valence-corrected chi connectivity index (χ2v) is 8.36. The van der Waals surface area contributed by atoms with Crippen LogP contribution in [-0.2, 0) is 23.8 Å². The summed E-state index contributed by atoms with van der Waals surface area (Å²) in [5.74, 6) is -1.83. The number of hydrogen-bond donors (Lipinski definition) is 1. The maximum Gasteiger partial charge on any atom is 0.308 e. The van der Waals surface area contributed by atoms with Crippen molar-refractivity contribution in [1.82, 2.24) is 19.5 Å². The van der Waals surface area contributed by atoms with E-state index in [1.807, 2.05) is 0 Å². The van der Waals surface area contributed by atoms with Gasteiger partial charge >= 0.3 is 11.9 Å². The lowest BCUT2D eigenvalue weighted by Gasteiger charge is -2.31. The van der Waals surface area contributed by atoms with Crippen LogP contribution in [0.15, 0.2) is 23.8 Å². The molecule has 0 radical (unpaired) electrons. The van der Waals surface area contributed by atoms with Crippen molar-refractivity contribution in [2.45, 2.75) is 58.7 Å². The van der Waals surface area contributed by atoms with Crippen molar-refractivity contribution in [3.63, 3.8) is 0 Å². The predicted molar refractivity (Wildman–Crippen MR) is 111 cm³/mol. The highest BCUT2D eigenvalue weighted by Crippen LogP contribution is 2.43. The average Bonchev–Trinajstić information content (AvgIpc) is 3.26. The molecule has 1 saturated heterocycles. The van der Waals surface area contributed by atoms with Gasteiger partial charge in [-0.2, -0.15) is 0 Å². The van der Waals surface area contributed by atoms with Gasteiger partial charge in [-0.05, 0) is 6.92 Å². The number of nitrogens with one attached hydrogen (secondary N) is 1. The molecule has 0 unspecified atom stereocenters. The summed E-state index contributed by atoms with van der Waals surface area (Å²) in [5.41, 5.74) is -2.04. The number of imidazole rings is 1. The molecule has 0 saturated carbocycles. The van der Waals surface area contributed by atoms with Crippen LogP contribution in [0, 0.1) is 18.8 Å². The van der Waals surface area contributed by atoms with Crippen molar-refractivity contribution in [2.75, 3.05) is 6.61 Å². The molecular formula is C21H27FN4O6. The lowest BCUT2D eigenvalue weighted by atomic mass is 9.96. The van der Waals surface area contributed by atoms with Crippen molar-refractivity contribution in [2.24, 2.45) is 11.8 Å². The largest absolute Gasteiger partial charge is 0.462 e. The molecule has 11 heteroatoms. The Kier molecular flexibility index (Phi) is 6.49. The molecule has 2 aromatic rings. The number of alkyl halides is 1. The average molecular weight is 450 g/mol. The number of aryl methyl sites for hydroxylation is 1. The Labute approximate surface area is 183 Å². The fraction of sp³-hybridized carbons (Fsp3) is 0.571. The standard InChI is InChI=1S/C21H27FN4O6/c1-7-21(8-30-19(28)10(2)3)15(31-20(29)11(4)5)13(22)18(32-21)26-9-23-14-16(26)24-12(6)25-17(14)27/h7,9-11,13,15,18H,1,8H2,2-6H3,(H,24,25,27)/t13-,15+,18-,21-/m1/s1. The first kappa shape index (κ1) is 23.6. The number of ether oxygens (including phenoxy) is 3. The van der Waals surface area contributed by atoms with Crippen LogP contribution in [0.1, 0.15) is 39.7 Å². The summed E-state index contributed by atoms with van der Waals surface area (Å²) in [5, 5.41) is 0. The monoisotopic (exact) mass is 450 g/mol. The Hall–Kier alpha value is -3.08. The molecule has 0 spiro atoms. The molecule has 32 heavy (non-hydrogen) atoms. The van der Waals surface area contributed by atoms with Gasteiger partial charge in [0.2, 0.25) is 0 Å². The summed E-state index contributed by atoms with van der Waals surface area (Å²) in [6, 6.07) is 0. The fourth-order valence-electron chi connectivity index (χ4n) is 3.32. The maximum absolute atomic E-state index is 15.8. The molecule has 1 fully saturated rings. The van der Waals surface area contributed by atoms with Crippen molar-refractivity contribution in [3.8, 4) is 0 Å². The van der Waals surface area contributed by atoms with Gasteiger partial charge in [-0.15, -0.1) is 0 Å². The van der Waals surface area contributed by atoms with Crippen molar-refractivity contribution in [1.29, 1.82) is 0 Å². The van der Waals surface area contributed by atoms with Crippen LogP contribution in [-0.4, -0.2) is 55.9 Å². The van der Waals surface area contributed by atoms with Crippen LogP contribution in [0.2, 0.25) is 0 Å². The number of nitrogens with zero attached hydrogens (tertiary/aromatic N) is 3. The van der Waals surface area contributed by atoms with Crippen LogP contribution in [0.4, 0.5) is 4.39 Å². The Morgan fingerprint density at radius 1 is 1.34 bits per heavy atom. The lowest BCUT2D eigenvalue weighted by Crippen LogP contribution is -2.48. The first-order chi connectivity index (χ1) is 15.0. The van der Waals surface area contributed by atoms with E-state index < -0.39 is 60.0 Å². The number of rotatable bonds is 7. The molecule has 1 aliphatic heterocycles. The van der Waals surface area contributed by atoms with Gasteiger partial charge < -0.3 is 19.2 Å². The quantitative estimate of drug-likeness (QED) is 0.501. The van der Waals surface area contributed by atoms with E-state index in [2.05, 4.69) is 21.5 Å². The summed E-state index contributed by atoms with van der Waals surface area (Å²) >= 11 is 0. The number of carbonyl (C=O) groups is 2. The third-order valence-corrected chi connectivity index (χ3v) is 5.18. The Morgan fingerprint density at radius 3 is 2.59 bits per heavy atom. The molecule has 174 valence electrons. The van der Waals surface area contributed by atoms with Crippen LogP contribution in [0.3, 0.4) is 0 Å². The van der Waals surface area contributed by atoms with Crippen LogP contribution in [0.5, 0.6) is 0 Å². The van der Waals surface area contributed by atoms with Crippen LogP contribution in [0.25, 0.3) is 11.2 Å². The number of aromatic nitrogens is 4. The molecule has 0 aromatic carbocycles. The molecule has 0 bridgehead atoms. The minimum atomic E-state index is -1.90. The van der Waals surface area contributed by atoms with Gasteiger partial charge in [0.25, 0.3) is 5.56 Å². The van der Waals surface area contributed by atoms with Crippen LogP contribution >= 0.6 is 0 Å². The van der Waals surface area contributed by atoms with E-state index in [1.165, 1.54) is 17.0 Å². The van der Waals surface area contributed by atoms with Crippen LogP contribution < -0.4 is 5.56 Å². The van der Waals surface area contributed by atoms with E-state index in [-0.39, 0.29) is 11.2 Å². The van der Waals surface area contributed by atoms with E-state index in [9.17, 15) is 14.4 Å². The smallest absolute Gasteiger partial charge is 0.308 e. The van der Waals surface area contributed by atoms with Crippen molar-refractivity contribution < 1.29 is 28.2 Å². The van der Waals surface area contributed by atoms with E-state index >= 15 is 4.39 Å². The number of aromatic amines is 1. The number of esters is 2. The second kappa shape index (κ2) is 8.81. The van der Waals surface area contributed by atoms with Gasteiger partial charge in [0.15, 0.2) is 35.3 Å². The first-order valence-corrected chi connectivity index (χ1v) is 10.3. The Bertz CT molecular complexity index is 1090. The maximum atomic E-state index is 15.8. The topological polar surface area (TPSA) is 125 Å². The summed E-state index contributed by atoms with van der Waals surface area (Å²) in [6.45, 7) is 11.4. The van der Waals surface area contributed by atoms with E-state index in [0.717, 1.165) is 0 Å². The minimum absolute atomic E-state index is 0.00413. The van der Waals surface area contributed by atoms with Crippen molar-refractivity contribution in [3.05, 3.63) is 35.2 Å². The van der Waals surface area contributed by atoms with E-state index in [0.29, 0.717) is 5.82 Å². The van der Waals surface area contributed by atoms with E-state index in [1.54, 1.807) is 34.6 Å². The van der Waals surface area contributed by atoms with Gasteiger partial charge in [0.1, 0.15) is 12.4 Å². The molecule has 1 N–H and O–H groups in total. The molecule has 0 amide bonds. The lowest BCUT2D eigenvalue weighted by molar-refractivity contribution is -0.172. The Balaban J connectivity index is 2.04. The predicted octanol–water partition coefficient (Wildman–Crippen LogP) is 1.99. The van der Waals surface area contributed by atoms with Gasteiger partial charge in [-0.1, -0.05) is 40.3 Å². The third kappa shape index (κ3) is 4.16.